The molecule has 2 aromatic carbocycles. The third-order valence-corrected chi connectivity index (χ3v) is 6.83. The Morgan fingerprint density at radius 2 is 1.47 bits per heavy atom. The number of hydrogen-bond donors (Lipinski definition) is 0. The summed E-state index contributed by atoms with van der Waals surface area (Å²) in [4.78, 5) is 21.6. The second kappa shape index (κ2) is 14.4. The van der Waals surface area contributed by atoms with Crippen LogP contribution in [0, 0.1) is 5.92 Å². The van der Waals surface area contributed by atoms with Crippen molar-refractivity contribution in [2.45, 2.75) is 70.1 Å². The molecule has 0 spiro atoms. The molecule has 0 saturated heterocycles. The van der Waals surface area contributed by atoms with E-state index in [9.17, 15) is 9.59 Å². The van der Waals surface area contributed by atoms with Crippen LogP contribution in [0.3, 0.4) is 0 Å². The Hall–Kier alpha value is -2.88. The topological polar surface area (TPSA) is 52.6 Å². The largest absolute Gasteiger partial charge is 0.494 e. The van der Waals surface area contributed by atoms with Crippen LogP contribution in [0.15, 0.2) is 61.2 Å². The lowest BCUT2D eigenvalue weighted by Crippen LogP contribution is -2.13. The molecule has 3 rings (SSSR count). The molecule has 2 aromatic rings. The van der Waals surface area contributed by atoms with Gasteiger partial charge in [-0.2, -0.15) is 0 Å². The minimum absolute atomic E-state index is 0.353. The van der Waals surface area contributed by atoms with Crippen LogP contribution in [-0.4, -0.2) is 25.5 Å². The molecule has 34 heavy (non-hydrogen) atoms. The number of benzene rings is 2. The lowest BCUT2D eigenvalue weighted by atomic mass is 9.77. The molecule has 1 aliphatic carbocycles. The zero-order chi connectivity index (χ0) is 24.0. The minimum Gasteiger partial charge on any atom is -0.494 e. The summed E-state index contributed by atoms with van der Waals surface area (Å²) in [5, 5.41) is 0. The van der Waals surface area contributed by atoms with Crippen molar-refractivity contribution in [1.82, 2.24) is 0 Å². The van der Waals surface area contributed by atoms with Gasteiger partial charge in [-0.3, -0.25) is 0 Å². The summed E-state index contributed by atoms with van der Waals surface area (Å²) in [5.74, 6) is 1.93. The van der Waals surface area contributed by atoms with Gasteiger partial charge in [0, 0.05) is 12.5 Å². The van der Waals surface area contributed by atoms with Gasteiger partial charge in [0.25, 0.3) is 0 Å². The van der Waals surface area contributed by atoms with E-state index in [-0.39, 0.29) is 5.97 Å². The zero-order valence-corrected chi connectivity index (χ0v) is 20.3. The van der Waals surface area contributed by atoms with Gasteiger partial charge in [-0.15, -0.1) is 0 Å². The average molecular weight is 463 g/mol. The fourth-order valence-corrected chi connectivity index (χ4v) is 4.76. The third kappa shape index (κ3) is 8.48. The van der Waals surface area contributed by atoms with Crippen LogP contribution in [0.2, 0.25) is 0 Å². The van der Waals surface area contributed by atoms with Crippen molar-refractivity contribution in [3.05, 3.63) is 66.7 Å². The van der Waals surface area contributed by atoms with Crippen molar-refractivity contribution in [2.24, 2.45) is 5.92 Å². The van der Waals surface area contributed by atoms with Gasteiger partial charge < -0.3 is 14.3 Å². The highest BCUT2D eigenvalue weighted by molar-refractivity contribution is 5.81. The van der Waals surface area contributed by atoms with Crippen molar-refractivity contribution in [3.63, 3.8) is 0 Å². The molecule has 1 fully saturated rings. The second-order valence-corrected chi connectivity index (χ2v) is 9.24. The van der Waals surface area contributed by atoms with Crippen molar-refractivity contribution in [3.8, 4) is 16.9 Å². The van der Waals surface area contributed by atoms with E-state index < -0.39 is 0 Å². The van der Waals surface area contributed by atoms with Crippen LogP contribution in [0.5, 0.6) is 5.75 Å². The summed E-state index contributed by atoms with van der Waals surface area (Å²) in [6, 6.07) is 17.4. The molecule has 0 bridgehead atoms. The van der Waals surface area contributed by atoms with Gasteiger partial charge in [0.1, 0.15) is 12.0 Å². The number of unbranched alkanes of at least 4 members (excludes halogenated alkanes) is 3. The monoisotopic (exact) mass is 462 g/mol. The summed E-state index contributed by atoms with van der Waals surface area (Å²) in [7, 11) is 0. The lowest BCUT2D eigenvalue weighted by molar-refractivity contribution is -0.137. The van der Waals surface area contributed by atoms with E-state index in [0.717, 1.165) is 50.1 Å². The minimum atomic E-state index is -0.353. The summed E-state index contributed by atoms with van der Waals surface area (Å²) >= 11 is 0. The summed E-state index contributed by atoms with van der Waals surface area (Å²) in [6.07, 6.45) is 12.9. The lowest BCUT2D eigenvalue weighted by Gasteiger charge is -2.28. The molecular formula is C30H38O4. The summed E-state index contributed by atoms with van der Waals surface area (Å²) in [5.41, 5.74) is 3.87. The normalized spacial score (nSPS) is 17.6. The molecule has 182 valence electrons. The summed E-state index contributed by atoms with van der Waals surface area (Å²) in [6.45, 7) is 4.53. The smallest absolute Gasteiger partial charge is 0.330 e. The van der Waals surface area contributed by atoms with Crippen molar-refractivity contribution in [1.29, 1.82) is 0 Å². The number of carbonyl (C=O) groups excluding carboxylic acids is 2. The maximum absolute atomic E-state index is 11.0. The van der Waals surface area contributed by atoms with Gasteiger partial charge in [0.2, 0.25) is 0 Å². The Morgan fingerprint density at radius 3 is 2.09 bits per heavy atom. The van der Waals surface area contributed by atoms with Crippen LogP contribution in [0.25, 0.3) is 11.1 Å². The highest BCUT2D eigenvalue weighted by Crippen LogP contribution is 2.38. The Morgan fingerprint density at radius 1 is 0.853 bits per heavy atom. The molecule has 0 amide bonds. The first kappa shape index (κ1) is 25.7. The quantitative estimate of drug-likeness (QED) is 0.128. The predicted octanol–water partition coefficient (Wildman–Crippen LogP) is 7.27. The fourth-order valence-electron chi connectivity index (χ4n) is 4.76. The molecule has 1 aliphatic rings. The van der Waals surface area contributed by atoms with Crippen molar-refractivity contribution >= 4 is 12.3 Å². The molecule has 0 unspecified atom stereocenters. The van der Waals surface area contributed by atoms with E-state index in [1.807, 2.05) is 12.1 Å². The average Bonchev–Trinajstić information content (AvgIpc) is 2.89. The van der Waals surface area contributed by atoms with Crippen LogP contribution in [0.4, 0.5) is 0 Å². The third-order valence-electron chi connectivity index (χ3n) is 6.83. The first-order chi connectivity index (χ1) is 16.7. The Labute approximate surface area is 204 Å². The van der Waals surface area contributed by atoms with E-state index in [2.05, 4.69) is 43.0 Å². The van der Waals surface area contributed by atoms with Gasteiger partial charge in [-0.1, -0.05) is 43.0 Å². The van der Waals surface area contributed by atoms with Crippen LogP contribution >= 0.6 is 0 Å². The Bertz CT molecular complexity index is 877. The van der Waals surface area contributed by atoms with Crippen LogP contribution in [-0.2, 0) is 14.3 Å². The number of hydrogen-bond acceptors (Lipinski definition) is 4. The second-order valence-electron chi connectivity index (χ2n) is 9.24. The highest BCUT2D eigenvalue weighted by atomic mass is 16.5. The number of aldehydes is 1. The molecule has 0 heterocycles. The number of rotatable bonds is 14. The van der Waals surface area contributed by atoms with Gasteiger partial charge in [0.05, 0.1) is 13.2 Å². The molecule has 0 aliphatic heterocycles. The van der Waals surface area contributed by atoms with Gasteiger partial charge in [-0.05, 0) is 98.4 Å². The van der Waals surface area contributed by atoms with Gasteiger partial charge in [-0.25, -0.2) is 4.79 Å². The van der Waals surface area contributed by atoms with Crippen LogP contribution < -0.4 is 4.74 Å². The van der Waals surface area contributed by atoms with E-state index >= 15 is 0 Å². The first-order valence-corrected chi connectivity index (χ1v) is 12.8. The van der Waals surface area contributed by atoms with E-state index in [0.29, 0.717) is 25.6 Å². The molecule has 0 radical (unpaired) electrons. The molecule has 4 nitrogen and oxygen atoms in total. The molecule has 0 N–H and O–H groups in total. The molecule has 4 heteroatoms. The maximum atomic E-state index is 11.0. The van der Waals surface area contributed by atoms with E-state index in [4.69, 9.17) is 9.47 Å². The SMILES string of the molecule is C=CC(=O)OCCCCCCOc1ccc(-c2ccc(C3CCC(CCC=O)CC3)cc2)cc1. The maximum Gasteiger partial charge on any atom is 0.330 e. The highest BCUT2D eigenvalue weighted by Gasteiger charge is 2.22. The van der Waals surface area contributed by atoms with E-state index in [1.54, 1.807) is 0 Å². The predicted molar refractivity (Wildman–Crippen MR) is 137 cm³/mol. The molecular weight excluding hydrogens is 424 g/mol. The first-order valence-electron chi connectivity index (χ1n) is 12.8. The van der Waals surface area contributed by atoms with Gasteiger partial charge >= 0.3 is 5.97 Å². The van der Waals surface area contributed by atoms with Crippen LogP contribution in [0.1, 0.15) is 75.7 Å². The van der Waals surface area contributed by atoms with Gasteiger partial charge in [0.15, 0.2) is 0 Å². The number of carbonyl (C=O) groups is 2. The van der Waals surface area contributed by atoms with Crippen molar-refractivity contribution in [2.75, 3.05) is 13.2 Å². The van der Waals surface area contributed by atoms with E-state index in [1.165, 1.54) is 48.4 Å². The fraction of sp³-hybridized carbons (Fsp3) is 0.467. The Balaban J connectivity index is 1.36. The number of ether oxygens (including phenoxy) is 2. The number of esters is 1. The molecule has 0 atom stereocenters. The zero-order valence-electron chi connectivity index (χ0n) is 20.3. The molecule has 1 saturated carbocycles. The molecule has 0 aromatic heterocycles. The summed E-state index contributed by atoms with van der Waals surface area (Å²) < 4.78 is 10.8. The standard InChI is InChI=1S/C30H38O4/c1-2-30(32)34-23-6-4-3-5-22-33-29-19-17-28(18-20-29)27-15-13-26(14-16-27)25-11-9-24(10-12-25)8-7-21-31/h2,13-21,24-25H,1,3-12,22-23H2. The Kier molecular flexibility index (Phi) is 10.9. The van der Waals surface area contributed by atoms with Crippen molar-refractivity contribution < 1.29 is 19.1 Å².